The number of anilines is 1. The van der Waals surface area contributed by atoms with Crippen molar-refractivity contribution in [3.63, 3.8) is 0 Å². The standard InChI is InChI=1S/C17H27BrN2O/c1-5-20(6-2,12-8-11-18)13-16(21)19-17-14(3)9-7-10-15(17)4/h7,9-10H,5-6,8,11-13H2,1-4H3/p+1. The number of halogens is 1. The minimum absolute atomic E-state index is 0.116. The largest absolute Gasteiger partial charge is 0.321 e. The summed E-state index contributed by atoms with van der Waals surface area (Å²) in [5.74, 6) is 0.116. The molecule has 1 aromatic rings. The monoisotopic (exact) mass is 355 g/mol. The summed E-state index contributed by atoms with van der Waals surface area (Å²) in [6.45, 7) is 12.0. The van der Waals surface area contributed by atoms with Crippen LogP contribution in [0.4, 0.5) is 5.69 Å². The van der Waals surface area contributed by atoms with Gasteiger partial charge in [0.25, 0.3) is 5.91 Å². The number of carbonyl (C=O) groups is 1. The zero-order chi connectivity index (χ0) is 15.9. The Morgan fingerprint density at radius 2 is 1.76 bits per heavy atom. The van der Waals surface area contributed by atoms with Gasteiger partial charge in [-0.1, -0.05) is 34.1 Å². The molecule has 0 atom stereocenters. The number of alkyl halides is 1. The Bertz CT molecular complexity index is 450. The van der Waals surface area contributed by atoms with Crippen molar-refractivity contribution < 1.29 is 9.28 Å². The first-order valence-corrected chi connectivity index (χ1v) is 8.87. The Balaban J connectivity index is 2.79. The van der Waals surface area contributed by atoms with E-state index in [1.54, 1.807) is 0 Å². The second-order valence-corrected chi connectivity index (χ2v) is 6.51. The number of carbonyl (C=O) groups excluding carboxylic acids is 1. The lowest BCUT2D eigenvalue weighted by Crippen LogP contribution is -2.52. The van der Waals surface area contributed by atoms with Crippen molar-refractivity contribution in [2.75, 3.05) is 36.8 Å². The van der Waals surface area contributed by atoms with Crippen molar-refractivity contribution in [2.24, 2.45) is 0 Å². The average Bonchev–Trinajstić information content (AvgIpc) is 2.47. The van der Waals surface area contributed by atoms with E-state index in [2.05, 4.69) is 35.1 Å². The van der Waals surface area contributed by atoms with Crippen LogP contribution in [0, 0.1) is 13.8 Å². The van der Waals surface area contributed by atoms with Crippen molar-refractivity contribution in [3.8, 4) is 0 Å². The molecule has 0 fully saturated rings. The molecular formula is C17H28BrN2O+. The maximum Gasteiger partial charge on any atom is 0.279 e. The molecular weight excluding hydrogens is 328 g/mol. The molecule has 21 heavy (non-hydrogen) atoms. The van der Waals surface area contributed by atoms with Gasteiger partial charge in [0.05, 0.1) is 19.6 Å². The van der Waals surface area contributed by atoms with Gasteiger partial charge >= 0.3 is 0 Å². The molecule has 0 aromatic heterocycles. The third-order valence-corrected chi connectivity index (χ3v) is 4.89. The van der Waals surface area contributed by atoms with Gasteiger partial charge in [-0.2, -0.15) is 0 Å². The topological polar surface area (TPSA) is 29.1 Å². The van der Waals surface area contributed by atoms with Gasteiger partial charge in [-0.3, -0.25) is 4.79 Å². The zero-order valence-corrected chi connectivity index (χ0v) is 15.3. The Hall–Kier alpha value is -0.870. The van der Waals surface area contributed by atoms with Gasteiger partial charge < -0.3 is 9.80 Å². The van der Waals surface area contributed by atoms with Crippen LogP contribution in [0.3, 0.4) is 0 Å². The van der Waals surface area contributed by atoms with E-state index in [1.165, 1.54) is 0 Å². The number of likely N-dealkylation sites (N-methyl/N-ethyl adjacent to an activating group) is 1. The smallest absolute Gasteiger partial charge is 0.279 e. The van der Waals surface area contributed by atoms with Crippen LogP contribution in [0.1, 0.15) is 31.4 Å². The van der Waals surface area contributed by atoms with Crippen molar-refractivity contribution in [1.82, 2.24) is 0 Å². The van der Waals surface area contributed by atoms with E-state index in [-0.39, 0.29) is 5.91 Å². The molecule has 1 amide bonds. The number of amides is 1. The normalized spacial score (nSPS) is 11.5. The molecule has 1 aromatic carbocycles. The van der Waals surface area contributed by atoms with Gasteiger partial charge in [0.15, 0.2) is 6.54 Å². The molecule has 0 radical (unpaired) electrons. The van der Waals surface area contributed by atoms with E-state index >= 15 is 0 Å². The van der Waals surface area contributed by atoms with Gasteiger partial charge in [0.1, 0.15) is 0 Å². The molecule has 0 aliphatic heterocycles. The lowest BCUT2D eigenvalue weighted by molar-refractivity contribution is -0.917. The molecule has 0 heterocycles. The molecule has 0 saturated carbocycles. The third kappa shape index (κ3) is 5.11. The van der Waals surface area contributed by atoms with E-state index in [0.29, 0.717) is 6.54 Å². The number of nitrogens with zero attached hydrogens (tertiary/aromatic N) is 1. The summed E-state index contributed by atoms with van der Waals surface area (Å²) in [5.41, 5.74) is 3.21. The maximum atomic E-state index is 12.5. The van der Waals surface area contributed by atoms with Crippen molar-refractivity contribution in [1.29, 1.82) is 0 Å². The Morgan fingerprint density at radius 3 is 2.24 bits per heavy atom. The van der Waals surface area contributed by atoms with Gasteiger partial charge in [0.2, 0.25) is 0 Å². The van der Waals surface area contributed by atoms with Crippen LogP contribution < -0.4 is 5.32 Å². The predicted octanol–water partition coefficient (Wildman–Crippen LogP) is 3.88. The fraction of sp³-hybridized carbons (Fsp3) is 0.588. The summed E-state index contributed by atoms with van der Waals surface area (Å²) in [5, 5.41) is 4.10. The number of benzene rings is 1. The minimum atomic E-state index is 0.116. The van der Waals surface area contributed by atoms with E-state index in [9.17, 15) is 4.79 Å². The molecule has 0 aliphatic rings. The average molecular weight is 356 g/mol. The quantitative estimate of drug-likeness (QED) is 0.556. The number of quaternary nitrogens is 1. The molecule has 0 saturated heterocycles. The Kier molecular flexibility index (Phi) is 7.40. The second kappa shape index (κ2) is 8.54. The van der Waals surface area contributed by atoms with Crippen LogP contribution in [0.2, 0.25) is 0 Å². The molecule has 0 unspecified atom stereocenters. The Morgan fingerprint density at radius 1 is 1.19 bits per heavy atom. The van der Waals surface area contributed by atoms with E-state index in [1.807, 2.05) is 32.0 Å². The SMILES string of the molecule is CC[N+](CC)(CCCBr)CC(=O)Nc1c(C)cccc1C. The summed E-state index contributed by atoms with van der Waals surface area (Å²) in [7, 11) is 0. The molecule has 118 valence electrons. The summed E-state index contributed by atoms with van der Waals surface area (Å²) in [6, 6.07) is 6.10. The van der Waals surface area contributed by atoms with Crippen LogP contribution in [0.25, 0.3) is 0 Å². The van der Waals surface area contributed by atoms with Crippen molar-refractivity contribution >= 4 is 27.5 Å². The van der Waals surface area contributed by atoms with Crippen LogP contribution in [0.5, 0.6) is 0 Å². The summed E-state index contributed by atoms with van der Waals surface area (Å²) in [6.07, 6.45) is 1.10. The second-order valence-electron chi connectivity index (χ2n) is 5.71. The first kappa shape index (κ1) is 18.2. The van der Waals surface area contributed by atoms with E-state index < -0.39 is 0 Å². The minimum Gasteiger partial charge on any atom is -0.321 e. The lowest BCUT2D eigenvalue weighted by atomic mass is 10.1. The molecule has 4 heteroatoms. The zero-order valence-electron chi connectivity index (χ0n) is 13.7. The lowest BCUT2D eigenvalue weighted by Gasteiger charge is -2.36. The van der Waals surface area contributed by atoms with Crippen LogP contribution in [-0.4, -0.2) is 41.9 Å². The first-order valence-electron chi connectivity index (χ1n) is 7.75. The Labute approximate surface area is 137 Å². The number of aryl methyl sites for hydroxylation is 2. The summed E-state index contributed by atoms with van der Waals surface area (Å²) < 4.78 is 0.850. The fourth-order valence-corrected chi connectivity index (χ4v) is 2.98. The molecule has 3 nitrogen and oxygen atoms in total. The maximum absolute atomic E-state index is 12.5. The summed E-state index contributed by atoms with van der Waals surface area (Å²) >= 11 is 3.49. The summed E-state index contributed by atoms with van der Waals surface area (Å²) in [4.78, 5) is 12.5. The predicted molar refractivity (Wildman–Crippen MR) is 94.0 cm³/mol. The van der Waals surface area contributed by atoms with Gasteiger partial charge in [0, 0.05) is 17.4 Å². The highest BCUT2D eigenvalue weighted by molar-refractivity contribution is 9.09. The fourth-order valence-electron chi connectivity index (χ4n) is 2.73. The number of nitrogens with one attached hydrogen (secondary N) is 1. The molecule has 0 aliphatic carbocycles. The highest BCUT2D eigenvalue weighted by Crippen LogP contribution is 2.20. The highest BCUT2D eigenvalue weighted by atomic mass is 79.9. The number of para-hydroxylation sites is 1. The van der Waals surface area contributed by atoms with Crippen molar-refractivity contribution in [2.45, 2.75) is 34.1 Å². The van der Waals surface area contributed by atoms with Crippen molar-refractivity contribution in [3.05, 3.63) is 29.3 Å². The first-order chi connectivity index (χ1) is 9.98. The molecule has 0 bridgehead atoms. The van der Waals surface area contributed by atoms with Gasteiger partial charge in [-0.15, -0.1) is 0 Å². The number of hydrogen-bond acceptors (Lipinski definition) is 1. The van der Waals surface area contributed by atoms with E-state index in [0.717, 1.165) is 52.7 Å². The van der Waals surface area contributed by atoms with Crippen LogP contribution in [0.15, 0.2) is 18.2 Å². The van der Waals surface area contributed by atoms with Gasteiger partial charge in [-0.05, 0) is 38.8 Å². The highest BCUT2D eigenvalue weighted by Gasteiger charge is 2.26. The molecule has 1 N–H and O–H groups in total. The van der Waals surface area contributed by atoms with E-state index in [4.69, 9.17) is 0 Å². The molecule has 1 rings (SSSR count). The van der Waals surface area contributed by atoms with Crippen LogP contribution >= 0.6 is 15.9 Å². The number of rotatable bonds is 8. The van der Waals surface area contributed by atoms with Gasteiger partial charge in [-0.25, -0.2) is 0 Å². The third-order valence-electron chi connectivity index (χ3n) is 4.33. The van der Waals surface area contributed by atoms with Crippen LogP contribution in [-0.2, 0) is 4.79 Å². The number of hydrogen-bond donors (Lipinski definition) is 1. The molecule has 0 spiro atoms.